The van der Waals surface area contributed by atoms with Gasteiger partial charge in [0.05, 0.1) is 11.2 Å². The van der Waals surface area contributed by atoms with E-state index >= 15 is 0 Å². The first kappa shape index (κ1) is 13.6. The predicted octanol–water partition coefficient (Wildman–Crippen LogP) is 4.57. The average Bonchev–Trinajstić information content (AvgIpc) is 2.96. The minimum absolute atomic E-state index is 0.617. The molecule has 112 valence electrons. The van der Waals surface area contributed by atoms with Gasteiger partial charge >= 0.3 is 0 Å². The number of hydrogen-bond donors (Lipinski definition) is 0. The lowest BCUT2D eigenvalue weighted by atomic mass is 10.0. The van der Waals surface area contributed by atoms with Crippen molar-refractivity contribution in [3.05, 3.63) is 66.3 Å². The summed E-state index contributed by atoms with van der Waals surface area (Å²) >= 11 is 0. The van der Waals surface area contributed by atoms with Gasteiger partial charge in [0.15, 0.2) is 11.7 Å². The van der Waals surface area contributed by atoms with Crippen LogP contribution in [-0.2, 0) is 0 Å². The molecule has 3 aromatic heterocycles. The van der Waals surface area contributed by atoms with Crippen LogP contribution in [0.25, 0.3) is 33.6 Å². The van der Waals surface area contributed by atoms with Crippen molar-refractivity contribution in [1.29, 1.82) is 0 Å². The number of rotatable bonds is 2. The highest BCUT2D eigenvalue weighted by Gasteiger charge is 2.18. The van der Waals surface area contributed by atoms with Gasteiger partial charge in [-0.2, -0.15) is 0 Å². The summed E-state index contributed by atoms with van der Waals surface area (Å²) in [7, 11) is 0. The molecule has 0 saturated heterocycles. The molecule has 4 rings (SSSR count). The van der Waals surface area contributed by atoms with Gasteiger partial charge in [-0.15, -0.1) is 0 Å². The minimum Gasteiger partial charge on any atom is -0.440 e. The van der Waals surface area contributed by atoms with E-state index in [0.717, 1.165) is 33.5 Å². The molecule has 0 aliphatic heterocycles. The van der Waals surface area contributed by atoms with Crippen molar-refractivity contribution < 1.29 is 4.42 Å². The molecule has 3 heterocycles. The molecule has 0 unspecified atom stereocenters. The van der Waals surface area contributed by atoms with E-state index in [1.807, 2.05) is 62.4 Å². The lowest BCUT2D eigenvalue weighted by Crippen LogP contribution is -1.90. The molecular weight excluding hydrogens is 286 g/mol. The number of hydrogen-bond acceptors (Lipinski definition) is 4. The summed E-state index contributed by atoms with van der Waals surface area (Å²) in [6.07, 6.45) is 1.79. The van der Waals surface area contributed by atoms with E-state index in [2.05, 4.69) is 15.0 Å². The predicted molar refractivity (Wildman–Crippen MR) is 89.9 cm³/mol. The lowest BCUT2D eigenvalue weighted by Gasteiger charge is -2.05. The van der Waals surface area contributed by atoms with Gasteiger partial charge in [0.25, 0.3) is 0 Å². The molecule has 0 amide bonds. The number of para-hydroxylation sites is 1. The molecule has 0 bridgehead atoms. The summed E-state index contributed by atoms with van der Waals surface area (Å²) in [4.78, 5) is 13.6. The molecular formula is C19H15N3O. The number of aromatic nitrogens is 3. The van der Waals surface area contributed by atoms with Gasteiger partial charge in [-0.1, -0.05) is 24.3 Å². The normalized spacial score (nSPS) is 11.0. The Morgan fingerprint density at radius 3 is 2.57 bits per heavy atom. The topological polar surface area (TPSA) is 51.8 Å². The molecule has 0 saturated carbocycles. The summed E-state index contributed by atoms with van der Waals surface area (Å²) < 4.78 is 5.91. The first-order valence-corrected chi connectivity index (χ1v) is 7.48. The third kappa shape index (κ3) is 2.38. The molecule has 4 nitrogen and oxygen atoms in total. The minimum atomic E-state index is 0.617. The molecule has 0 radical (unpaired) electrons. The van der Waals surface area contributed by atoms with Crippen LogP contribution in [-0.4, -0.2) is 15.0 Å². The van der Waals surface area contributed by atoms with Crippen molar-refractivity contribution in [1.82, 2.24) is 15.0 Å². The first-order chi connectivity index (χ1) is 11.2. The van der Waals surface area contributed by atoms with Gasteiger partial charge in [0, 0.05) is 29.8 Å². The molecule has 0 spiro atoms. The average molecular weight is 301 g/mol. The molecule has 4 aromatic rings. The second-order valence-electron chi connectivity index (χ2n) is 5.46. The molecule has 0 aliphatic rings. The van der Waals surface area contributed by atoms with Crippen molar-refractivity contribution in [2.45, 2.75) is 13.8 Å². The number of fused-ring (bicyclic) bond motifs is 1. The summed E-state index contributed by atoms with van der Waals surface area (Å²) in [6, 6.07) is 15.9. The highest BCUT2D eigenvalue weighted by atomic mass is 16.4. The summed E-state index contributed by atoms with van der Waals surface area (Å²) in [6.45, 7) is 3.82. The Morgan fingerprint density at radius 2 is 1.70 bits per heavy atom. The van der Waals surface area contributed by atoms with Crippen LogP contribution in [0.5, 0.6) is 0 Å². The van der Waals surface area contributed by atoms with E-state index in [0.29, 0.717) is 11.7 Å². The van der Waals surface area contributed by atoms with Crippen LogP contribution in [0.4, 0.5) is 0 Å². The quantitative estimate of drug-likeness (QED) is 0.544. The molecule has 0 N–H and O–H groups in total. The molecule has 23 heavy (non-hydrogen) atoms. The number of benzene rings is 1. The SMILES string of the molecule is Cc1cccc(-c2nc(C)oc2-c2cccc3cccnc23)n1. The van der Waals surface area contributed by atoms with Gasteiger partial charge < -0.3 is 4.42 Å². The number of oxazole rings is 1. The molecule has 0 fully saturated rings. The van der Waals surface area contributed by atoms with Crippen molar-refractivity contribution in [3.8, 4) is 22.7 Å². The summed E-state index contributed by atoms with van der Waals surface area (Å²) in [5.41, 5.74) is 4.35. The van der Waals surface area contributed by atoms with Gasteiger partial charge in [0.2, 0.25) is 0 Å². The van der Waals surface area contributed by atoms with E-state index < -0.39 is 0 Å². The molecule has 4 heteroatoms. The zero-order valence-electron chi connectivity index (χ0n) is 12.9. The fraction of sp³-hybridized carbons (Fsp3) is 0.105. The van der Waals surface area contributed by atoms with Gasteiger partial charge in [0.1, 0.15) is 5.69 Å². The van der Waals surface area contributed by atoms with Crippen molar-refractivity contribution in [2.24, 2.45) is 0 Å². The number of nitrogens with zero attached hydrogens (tertiary/aromatic N) is 3. The van der Waals surface area contributed by atoms with Crippen molar-refractivity contribution >= 4 is 10.9 Å². The molecule has 0 aliphatic carbocycles. The van der Waals surface area contributed by atoms with Crippen LogP contribution in [0, 0.1) is 13.8 Å². The maximum atomic E-state index is 5.91. The Morgan fingerprint density at radius 1 is 0.870 bits per heavy atom. The van der Waals surface area contributed by atoms with Crippen LogP contribution in [0.3, 0.4) is 0 Å². The van der Waals surface area contributed by atoms with Crippen LogP contribution in [0.1, 0.15) is 11.6 Å². The molecule has 0 atom stereocenters. The second kappa shape index (κ2) is 5.32. The zero-order chi connectivity index (χ0) is 15.8. The van der Waals surface area contributed by atoms with Crippen LogP contribution < -0.4 is 0 Å². The highest BCUT2D eigenvalue weighted by molar-refractivity contribution is 5.95. The fourth-order valence-electron chi connectivity index (χ4n) is 2.75. The van der Waals surface area contributed by atoms with E-state index in [9.17, 15) is 0 Å². The van der Waals surface area contributed by atoms with E-state index in [1.54, 1.807) is 6.20 Å². The highest BCUT2D eigenvalue weighted by Crippen LogP contribution is 2.35. The van der Waals surface area contributed by atoms with Gasteiger partial charge in [-0.05, 0) is 31.2 Å². The van der Waals surface area contributed by atoms with E-state index in [1.165, 1.54) is 0 Å². The summed E-state index contributed by atoms with van der Waals surface area (Å²) in [5.74, 6) is 1.33. The third-order valence-electron chi connectivity index (χ3n) is 3.74. The van der Waals surface area contributed by atoms with Gasteiger partial charge in [-0.25, -0.2) is 4.98 Å². The standard InChI is InChI=1S/C19H15N3O/c1-12-6-3-10-16(21-12)18-19(23-13(2)22-18)15-9-4-7-14-8-5-11-20-17(14)15/h3-11H,1-2H3. The smallest absolute Gasteiger partial charge is 0.192 e. The Hall–Kier alpha value is -3.01. The third-order valence-corrected chi connectivity index (χ3v) is 3.74. The lowest BCUT2D eigenvalue weighted by molar-refractivity contribution is 0.535. The summed E-state index contributed by atoms with van der Waals surface area (Å²) in [5, 5.41) is 1.07. The van der Waals surface area contributed by atoms with Crippen LogP contribution >= 0.6 is 0 Å². The monoisotopic (exact) mass is 301 g/mol. The van der Waals surface area contributed by atoms with Crippen molar-refractivity contribution in [2.75, 3.05) is 0 Å². The largest absolute Gasteiger partial charge is 0.440 e. The number of aryl methyl sites for hydroxylation is 2. The first-order valence-electron chi connectivity index (χ1n) is 7.48. The van der Waals surface area contributed by atoms with Crippen molar-refractivity contribution in [3.63, 3.8) is 0 Å². The maximum Gasteiger partial charge on any atom is 0.192 e. The Kier molecular flexibility index (Phi) is 3.15. The van der Waals surface area contributed by atoms with Crippen LogP contribution in [0.2, 0.25) is 0 Å². The maximum absolute atomic E-state index is 5.91. The fourth-order valence-corrected chi connectivity index (χ4v) is 2.75. The molecule has 1 aromatic carbocycles. The van der Waals surface area contributed by atoms with Gasteiger partial charge in [-0.3, -0.25) is 9.97 Å². The van der Waals surface area contributed by atoms with Crippen LogP contribution in [0.15, 0.2) is 59.1 Å². The van der Waals surface area contributed by atoms with E-state index in [4.69, 9.17) is 4.42 Å². The Bertz CT molecular complexity index is 999. The zero-order valence-corrected chi connectivity index (χ0v) is 12.9. The number of pyridine rings is 2. The second-order valence-corrected chi connectivity index (χ2v) is 5.46. The Labute approximate surface area is 133 Å². The van der Waals surface area contributed by atoms with E-state index in [-0.39, 0.29) is 0 Å². The Balaban J connectivity index is 1.99.